The van der Waals surface area contributed by atoms with E-state index in [2.05, 4.69) is 0 Å². The molecule has 6 nitrogen and oxygen atoms in total. The first kappa shape index (κ1) is 33.1. The molecule has 4 aromatic rings. The fourth-order valence-corrected chi connectivity index (χ4v) is 3.03. The summed E-state index contributed by atoms with van der Waals surface area (Å²) in [6.07, 6.45) is 2.70. The number of hydrogen-bond donors (Lipinski definition) is 0. The predicted octanol–water partition coefficient (Wildman–Crippen LogP) is 3.99. The second kappa shape index (κ2) is 18.4. The summed E-state index contributed by atoms with van der Waals surface area (Å²) in [6.45, 7) is 1.31. The molecule has 0 saturated carbocycles. The zero-order valence-electron chi connectivity index (χ0n) is 21.3. The van der Waals surface area contributed by atoms with E-state index in [1.54, 1.807) is 48.5 Å². The third-order valence-electron chi connectivity index (χ3n) is 4.83. The minimum absolute atomic E-state index is 0. The van der Waals surface area contributed by atoms with Crippen LogP contribution >= 0.6 is 0 Å². The summed E-state index contributed by atoms with van der Waals surface area (Å²) in [5.74, 6) is -0.141. The van der Waals surface area contributed by atoms with Gasteiger partial charge >= 0.3 is 46.4 Å². The van der Waals surface area contributed by atoms with Crippen molar-refractivity contribution in [3.63, 3.8) is 0 Å². The minimum Gasteiger partial charge on any atom is -0.524 e. The smallest absolute Gasteiger partial charge is 0.524 e. The zero-order chi connectivity index (χ0) is 27.8. The van der Waals surface area contributed by atoms with Crippen molar-refractivity contribution in [2.24, 2.45) is 0 Å². The second-order valence-electron chi connectivity index (χ2n) is 7.88. The molecule has 0 aliphatic heterocycles. The quantitative estimate of drug-likeness (QED) is 0.117. The van der Waals surface area contributed by atoms with E-state index in [1.807, 2.05) is 72.8 Å². The van der Waals surface area contributed by atoms with Gasteiger partial charge in [-0.25, -0.2) is 4.79 Å². The van der Waals surface area contributed by atoms with Gasteiger partial charge in [0.25, 0.3) is 23.1 Å². The van der Waals surface area contributed by atoms with Crippen molar-refractivity contribution in [1.82, 2.24) is 0 Å². The summed E-state index contributed by atoms with van der Waals surface area (Å²) < 4.78 is 0. The summed E-state index contributed by atoms with van der Waals surface area (Å²) in [7, 11) is 0. The van der Waals surface area contributed by atoms with Gasteiger partial charge in [-0.15, -0.1) is 48.5 Å². The topological polar surface area (TPSA) is 130 Å². The molecule has 4 aromatic carbocycles. The summed E-state index contributed by atoms with van der Waals surface area (Å²) in [6, 6.07) is 36.4. The molecule has 0 saturated heterocycles. The molecular weight excluding hydrogens is 631 g/mol. The van der Waals surface area contributed by atoms with Crippen LogP contribution in [0.5, 0.6) is 0 Å². The van der Waals surface area contributed by atoms with Crippen LogP contribution in [0.15, 0.2) is 121 Å². The van der Waals surface area contributed by atoms with Crippen LogP contribution in [0.4, 0.5) is 0 Å². The van der Waals surface area contributed by atoms with Crippen molar-refractivity contribution in [2.45, 2.75) is 6.92 Å². The predicted molar refractivity (Wildman–Crippen MR) is 155 cm³/mol. The third kappa shape index (κ3) is 12.9. The molecule has 195 valence electrons. The second-order valence-corrected chi connectivity index (χ2v) is 7.88. The fraction of sp³-hybridized carbons (Fsp3) is 0.0312. The molecule has 4 rings (SSSR count). The monoisotopic (exact) mass is 664 g/mol. The SMILES string of the molecule is CC(=[OH+])[OH2+].[OH+]=C([CH-]C(=[OH+])c1ccccc1)c1ccccc1.[OH+]=C([CH-]C(=[OH+])c1ccccc1)c1ccccc1.[Sm+3]. The van der Waals surface area contributed by atoms with Crippen molar-refractivity contribution >= 4 is 29.1 Å². The Morgan fingerprint density at radius 2 is 0.590 bits per heavy atom. The number of benzene rings is 4. The van der Waals surface area contributed by atoms with Crippen molar-refractivity contribution in [1.29, 1.82) is 0 Å². The van der Waals surface area contributed by atoms with Crippen molar-refractivity contribution in [2.75, 3.05) is 0 Å². The van der Waals surface area contributed by atoms with Gasteiger partial charge in [-0.3, -0.25) is 0 Å². The molecule has 0 unspecified atom stereocenters. The van der Waals surface area contributed by atoms with Gasteiger partial charge in [0.15, 0.2) is 0 Å². The van der Waals surface area contributed by atoms with Gasteiger partial charge in [-0.2, -0.15) is 0 Å². The summed E-state index contributed by atoms with van der Waals surface area (Å²) >= 11 is 0. The Labute approximate surface area is 260 Å². The van der Waals surface area contributed by atoms with E-state index < -0.39 is 0 Å². The molecule has 39 heavy (non-hydrogen) atoms. The summed E-state index contributed by atoms with van der Waals surface area (Å²) in [5, 5.41) is 6.06. The van der Waals surface area contributed by atoms with E-state index in [0.717, 1.165) is 0 Å². The standard InChI is InChI=1S/2C15H11O2.C2H4O2.Sm/c2*16-14(12-7-3-1-4-8-12)11-15(17)13-9-5-2-6-10-13;1-2(3)4;/h2*1-11H;1H3,(H,3,4);/q2*-1;;+3/p+6. The van der Waals surface area contributed by atoms with Gasteiger partial charge < -0.3 is 24.3 Å². The van der Waals surface area contributed by atoms with E-state index in [1.165, 1.54) is 19.8 Å². The normalized spacial score (nSPS) is 9.05. The number of ketones is 4. The molecule has 0 bridgehead atoms. The van der Waals surface area contributed by atoms with Gasteiger partial charge in [0, 0.05) is 12.8 Å². The van der Waals surface area contributed by atoms with Crippen LogP contribution in [0, 0.1) is 53.2 Å². The first-order chi connectivity index (χ1) is 18.3. The summed E-state index contributed by atoms with van der Waals surface area (Å²) in [5.41, 5.74) is 2.70. The largest absolute Gasteiger partial charge is 3.00 e. The molecule has 1 radical (unpaired) electrons. The van der Waals surface area contributed by atoms with Gasteiger partial charge in [0.2, 0.25) is 0 Å². The number of carbonyl (C=O) groups excluding carboxylic acids is 5. The Hall–Kier alpha value is -3.89. The maximum absolute atomic E-state index is 9.83. The van der Waals surface area contributed by atoms with Crippen LogP contribution in [-0.4, -0.2) is 58.2 Å². The van der Waals surface area contributed by atoms with Crippen molar-refractivity contribution in [3.8, 4) is 0 Å². The molecule has 0 fully saturated rings. The van der Waals surface area contributed by atoms with Crippen LogP contribution < -0.4 is 0 Å². The molecule has 7 N–H and O–H groups in total. The molecule has 0 heterocycles. The zero-order valence-corrected chi connectivity index (χ0v) is 24.0. The first-order valence-electron chi connectivity index (χ1n) is 11.7. The van der Waals surface area contributed by atoms with E-state index >= 15 is 0 Å². The van der Waals surface area contributed by atoms with E-state index in [0.29, 0.717) is 22.3 Å². The maximum Gasteiger partial charge on any atom is 3.00 e. The van der Waals surface area contributed by atoms with Crippen LogP contribution in [0.25, 0.3) is 0 Å². The van der Waals surface area contributed by atoms with Crippen LogP contribution in [0.3, 0.4) is 0 Å². The van der Waals surface area contributed by atoms with Gasteiger partial charge in [0.05, 0.1) is 0 Å². The molecule has 0 amide bonds. The number of rotatable bonds is 8. The average Bonchev–Trinajstić information content (AvgIpc) is 2.95. The molecular formula is C32H32O6Sm+7. The van der Waals surface area contributed by atoms with E-state index in [-0.39, 0.29) is 69.5 Å². The molecule has 0 spiro atoms. The number of hydrogen-bond acceptors (Lipinski definition) is 0. The average molecular weight is 663 g/mol. The van der Waals surface area contributed by atoms with Gasteiger partial charge in [-0.1, -0.05) is 72.8 Å². The minimum atomic E-state index is -0.333. The molecule has 0 aromatic heterocycles. The Bertz CT molecular complexity index is 1130. The van der Waals surface area contributed by atoms with Crippen molar-refractivity contribution in [3.05, 3.63) is 156 Å². The fourth-order valence-electron chi connectivity index (χ4n) is 3.03. The molecule has 0 atom stereocenters. The molecule has 7 heteroatoms. The Kier molecular flexibility index (Phi) is 15.6. The van der Waals surface area contributed by atoms with Gasteiger partial charge in [-0.05, 0) is 22.3 Å². The Morgan fingerprint density at radius 1 is 0.436 bits per heavy atom. The Morgan fingerprint density at radius 3 is 0.744 bits per heavy atom. The van der Waals surface area contributed by atoms with Crippen LogP contribution in [0.2, 0.25) is 0 Å². The summed E-state index contributed by atoms with van der Waals surface area (Å²) in [4.78, 5) is 47.0. The van der Waals surface area contributed by atoms with E-state index in [4.69, 9.17) is 9.90 Å². The maximum atomic E-state index is 9.83. The van der Waals surface area contributed by atoms with Crippen LogP contribution in [-0.2, 0) is 0 Å². The van der Waals surface area contributed by atoms with Crippen molar-refractivity contribution < 1.29 is 69.5 Å². The third-order valence-corrected chi connectivity index (χ3v) is 4.83. The molecule has 0 aliphatic carbocycles. The first-order valence-corrected chi connectivity index (χ1v) is 11.7. The molecule has 0 aliphatic rings. The Balaban J connectivity index is 0.000000336. The van der Waals surface area contributed by atoms with Crippen LogP contribution in [0.1, 0.15) is 29.2 Å². The van der Waals surface area contributed by atoms with E-state index in [9.17, 15) is 19.2 Å². The van der Waals surface area contributed by atoms with Gasteiger partial charge in [0.1, 0.15) is 6.92 Å².